The van der Waals surface area contributed by atoms with Crippen molar-refractivity contribution in [2.24, 2.45) is 5.73 Å². The second kappa shape index (κ2) is 5.52. The number of aryl methyl sites for hydroxylation is 1. The van der Waals surface area contributed by atoms with Crippen molar-refractivity contribution in [1.29, 1.82) is 0 Å². The normalized spacial score (nSPS) is 13.3. The van der Waals surface area contributed by atoms with Crippen molar-refractivity contribution in [3.63, 3.8) is 0 Å². The van der Waals surface area contributed by atoms with Gasteiger partial charge < -0.3 is 5.73 Å². The van der Waals surface area contributed by atoms with Gasteiger partial charge in [-0.2, -0.15) is 0 Å². The van der Waals surface area contributed by atoms with Gasteiger partial charge in [0.05, 0.1) is 4.99 Å². The lowest BCUT2D eigenvalue weighted by atomic mass is 10.2. The van der Waals surface area contributed by atoms with Crippen LogP contribution in [0.5, 0.6) is 0 Å². The van der Waals surface area contributed by atoms with Gasteiger partial charge in [-0.1, -0.05) is 12.2 Å². The van der Waals surface area contributed by atoms with E-state index >= 15 is 0 Å². The molecule has 1 unspecified atom stereocenters. The van der Waals surface area contributed by atoms with Crippen LogP contribution in [-0.4, -0.2) is 23.6 Å². The average molecular weight is 273 g/mol. The van der Waals surface area contributed by atoms with Gasteiger partial charge in [0, 0.05) is 18.9 Å². The summed E-state index contributed by atoms with van der Waals surface area (Å²) in [4.78, 5) is 3.90. The third-order valence-electron chi connectivity index (χ3n) is 2.48. The third kappa shape index (κ3) is 3.72. The Labute approximate surface area is 106 Å². The van der Waals surface area contributed by atoms with E-state index in [1.807, 2.05) is 13.0 Å². The van der Waals surface area contributed by atoms with Crippen LogP contribution in [0.15, 0.2) is 18.5 Å². The zero-order chi connectivity index (χ0) is 13.1. The van der Waals surface area contributed by atoms with Gasteiger partial charge in [-0.25, -0.2) is 13.1 Å². The smallest absolute Gasteiger partial charge is 0.221 e. The lowest BCUT2D eigenvalue weighted by Gasteiger charge is -2.13. The van der Waals surface area contributed by atoms with Crippen LogP contribution >= 0.6 is 12.2 Å². The molecule has 1 heterocycles. The van der Waals surface area contributed by atoms with Crippen molar-refractivity contribution in [1.82, 2.24) is 9.71 Å². The van der Waals surface area contributed by atoms with E-state index in [0.29, 0.717) is 0 Å². The first-order valence-electron chi connectivity index (χ1n) is 5.02. The fourth-order valence-electron chi connectivity index (χ4n) is 1.14. The number of nitrogens with two attached hydrogens (primary N) is 1. The molecular weight excluding hydrogens is 258 g/mol. The molecule has 1 rings (SSSR count). The van der Waals surface area contributed by atoms with E-state index in [2.05, 4.69) is 21.9 Å². The minimum Gasteiger partial charge on any atom is -0.392 e. The van der Waals surface area contributed by atoms with Crippen molar-refractivity contribution in [2.45, 2.75) is 25.6 Å². The number of nitrogens with one attached hydrogen (secondary N) is 1. The van der Waals surface area contributed by atoms with E-state index in [-0.39, 0.29) is 11.5 Å². The van der Waals surface area contributed by atoms with Gasteiger partial charge in [0.25, 0.3) is 0 Å². The average Bonchev–Trinajstić information content (AvgIpc) is 2.27. The summed E-state index contributed by atoms with van der Waals surface area (Å²) in [5.74, 6) is 0. The van der Waals surface area contributed by atoms with E-state index in [9.17, 15) is 8.42 Å². The summed E-state index contributed by atoms with van der Waals surface area (Å²) in [5.41, 5.74) is 7.12. The van der Waals surface area contributed by atoms with Crippen molar-refractivity contribution < 1.29 is 8.42 Å². The van der Waals surface area contributed by atoms with Gasteiger partial charge in [-0.05, 0) is 31.0 Å². The summed E-state index contributed by atoms with van der Waals surface area (Å²) in [6, 6.07) is 1.82. The summed E-state index contributed by atoms with van der Waals surface area (Å²) in [6.45, 7) is 3.54. The van der Waals surface area contributed by atoms with E-state index in [0.717, 1.165) is 11.1 Å². The molecule has 0 amide bonds. The number of nitrogens with zero attached hydrogens (tertiary/aromatic N) is 1. The summed E-state index contributed by atoms with van der Waals surface area (Å²) in [6.07, 6.45) is 3.29. The Morgan fingerprint density at radius 2 is 2.29 bits per heavy atom. The molecule has 0 radical (unpaired) electrons. The minimum absolute atomic E-state index is 0.0413. The van der Waals surface area contributed by atoms with Gasteiger partial charge in [-0.15, -0.1) is 0 Å². The third-order valence-corrected chi connectivity index (χ3v) is 4.71. The topological polar surface area (TPSA) is 85.1 Å². The second-order valence-corrected chi connectivity index (χ2v) is 6.27. The van der Waals surface area contributed by atoms with Gasteiger partial charge in [-0.3, -0.25) is 4.98 Å². The lowest BCUT2D eigenvalue weighted by molar-refractivity contribution is 0.578. The van der Waals surface area contributed by atoms with E-state index in [1.165, 1.54) is 6.92 Å². The van der Waals surface area contributed by atoms with Crippen molar-refractivity contribution in [2.75, 3.05) is 0 Å². The molecule has 1 aromatic rings. The SMILES string of the molecule is Cc1ccncc1CNS(=O)(=O)C(C)C(N)=S. The molecule has 0 bridgehead atoms. The first-order valence-corrected chi connectivity index (χ1v) is 6.97. The maximum Gasteiger partial charge on any atom is 0.221 e. The van der Waals surface area contributed by atoms with Crippen LogP contribution in [-0.2, 0) is 16.6 Å². The number of rotatable bonds is 5. The molecule has 0 aromatic carbocycles. The standard InChI is InChI=1S/C10H15N3O2S2/c1-7-3-4-12-5-9(7)6-13-17(14,15)8(2)10(11)16/h3-5,8,13H,6H2,1-2H3,(H2,11,16). The van der Waals surface area contributed by atoms with Crippen molar-refractivity contribution in [3.8, 4) is 0 Å². The van der Waals surface area contributed by atoms with Crippen LogP contribution in [0.4, 0.5) is 0 Å². The molecule has 7 heteroatoms. The molecule has 0 aliphatic carbocycles. The van der Waals surface area contributed by atoms with Gasteiger partial charge in [0.1, 0.15) is 5.25 Å². The molecule has 0 spiro atoms. The summed E-state index contributed by atoms with van der Waals surface area (Å²) in [7, 11) is -3.52. The largest absolute Gasteiger partial charge is 0.392 e. The molecule has 94 valence electrons. The number of hydrogen-bond donors (Lipinski definition) is 2. The fraction of sp³-hybridized carbons (Fsp3) is 0.400. The Hall–Kier alpha value is -1.05. The van der Waals surface area contributed by atoms with E-state index in [1.54, 1.807) is 12.4 Å². The van der Waals surface area contributed by atoms with Crippen molar-refractivity contribution >= 4 is 27.2 Å². The number of aromatic nitrogens is 1. The van der Waals surface area contributed by atoms with Crippen LogP contribution in [0, 0.1) is 6.92 Å². The zero-order valence-electron chi connectivity index (χ0n) is 9.67. The Kier molecular flexibility index (Phi) is 4.55. The van der Waals surface area contributed by atoms with Crippen LogP contribution in [0.2, 0.25) is 0 Å². The summed E-state index contributed by atoms with van der Waals surface area (Å²) in [5, 5.41) is -0.880. The molecule has 1 aromatic heterocycles. The Bertz CT molecular complexity index is 514. The first-order chi connectivity index (χ1) is 7.84. The molecule has 0 aliphatic rings. The van der Waals surface area contributed by atoms with Crippen molar-refractivity contribution in [3.05, 3.63) is 29.6 Å². The minimum atomic E-state index is -3.52. The summed E-state index contributed by atoms with van der Waals surface area (Å²) >= 11 is 4.67. The maximum atomic E-state index is 11.8. The number of pyridine rings is 1. The second-order valence-electron chi connectivity index (χ2n) is 3.71. The molecule has 17 heavy (non-hydrogen) atoms. The van der Waals surface area contributed by atoms with Crippen LogP contribution in [0.3, 0.4) is 0 Å². The monoisotopic (exact) mass is 273 g/mol. The Morgan fingerprint density at radius 1 is 1.65 bits per heavy atom. The van der Waals surface area contributed by atoms with E-state index < -0.39 is 15.3 Å². The molecular formula is C10H15N3O2S2. The first kappa shape index (κ1) is 14.0. The van der Waals surface area contributed by atoms with Crippen LogP contribution < -0.4 is 10.5 Å². The zero-order valence-corrected chi connectivity index (χ0v) is 11.3. The number of thiocarbonyl (C=S) groups is 1. The highest BCUT2D eigenvalue weighted by Gasteiger charge is 2.22. The molecule has 0 saturated heterocycles. The predicted octanol–water partition coefficient (Wildman–Crippen LogP) is 0.484. The molecule has 1 atom stereocenters. The van der Waals surface area contributed by atoms with Crippen LogP contribution in [0.25, 0.3) is 0 Å². The van der Waals surface area contributed by atoms with Gasteiger partial charge in [0.2, 0.25) is 10.0 Å². The highest BCUT2D eigenvalue weighted by atomic mass is 32.2. The number of sulfonamides is 1. The molecule has 0 aliphatic heterocycles. The maximum absolute atomic E-state index is 11.8. The quantitative estimate of drug-likeness (QED) is 0.762. The van der Waals surface area contributed by atoms with Gasteiger partial charge in [0.15, 0.2) is 0 Å². The van der Waals surface area contributed by atoms with E-state index in [4.69, 9.17) is 5.73 Å². The highest BCUT2D eigenvalue weighted by Crippen LogP contribution is 2.06. The lowest BCUT2D eigenvalue weighted by Crippen LogP contribution is -2.39. The number of hydrogen-bond acceptors (Lipinski definition) is 4. The molecule has 3 N–H and O–H groups in total. The highest BCUT2D eigenvalue weighted by molar-refractivity contribution is 7.93. The molecule has 0 saturated carbocycles. The molecule has 0 fully saturated rings. The predicted molar refractivity (Wildman–Crippen MR) is 71.0 cm³/mol. The summed E-state index contributed by atoms with van der Waals surface area (Å²) < 4.78 is 26.0. The van der Waals surface area contributed by atoms with Gasteiger partial charge >= 0.3 is 0 Å². The Balaban J connectivity index is 2.75. The molecule has 5 nitrogen and oxygen atoms in total. The fourth-order valence-corrected chi connectivity index (χ4v) is 2.43. The Morgan fingerprint density at radius 3 is 2.82 bits per heavy atom. The van der Waals surface area contributed by atoms with Crippen LogP contribution in [0.1, 0.15) is 18.1 Å².